The third kappa shape index (κ3) is 14.3. The van der Waals surface area contributed by atoms with Crippen molar-refractivity contribution in [1.29, 1.82) is 0 Å². The first-order valence-corrected chi connectivity index (χ1v) is 14.5. The van der Waals surface area contributed by atoms with Crippen LogP contribution in [0.15, 0.2) is 0 Å². The molecule has 0 heterocycles. The number of carboxylic acids is 1. The van der Waals surface area contributed by atoms with Gasteiger partial charge in [0.25, 0.3) is 0 Å². The second-order valence-electron chi connectivity index (χ2n) is 11.0. The highest BCUT2D eigenvalue weighted by molar-refractivity contribution is 5.97. The molecule has 0 rings (SSSR count). The Hall–Kier alpha value is -4.81. The maximum atomic E-state index is 12.6. The summed E-state index contributed by atoms with van der Waals surface area (Å²) in [6.45, 7) is 12.1. The highest BCUT2D eigenvalue weighted by atomic mass is 16.4. The summed E-state index contributed by atoms with van der Waals surface area (Å²) in [6.07, 6.45) is 0. The highest BCUT2D eigenvalue weighted by Gasteiger charge is 2.28. The Balaban J connectivity index is 4.81. The van der Waals surface area contributed by atoms with E-state index in [2.05, 4.69) is 42.5 Å². The van der Waals surface area contributed by atoms with E-state index >= 15 is 0 Å². The van der Waals surface area contributed by atoms with E-state index in [0.29, 0.717) is 0 Å². The quantitative estimate of drug-likeness (QED) is 0.0710. The lowest BCUT2D eigenvalue weighted by Gasteiger charge is -2.23. The van der Waals surface area contributed by atoms with E-state index in [4.69, 9.17) is 10.8 Å². The van der Waals surface area contributed by atoms with Crippen LogP contribution in [0.4, 0.5) is 0 Å². The fourth-order valence-electron chi connectivity index (χ4n) is 3.23. The van der Waals surface area contributed by atoms with Gasteiger partial charge in [-0.3, -0.25) is 43.2 Å². The van der Waals surface area contributed by atoms with Crippen LogP contribution < -0.4 is 48.3 Å². The molecule has 11 N–H and O–H groups in total. The zero-order valence-electron chi connectivity index (χ0n) is 27.4. The number of carbonyl (C=O) groups is 9. The molecule has 0 saturated heterocycles. The Morgan fingerprint density at radius 3 is 0.652 bits per heavy atom. The molecule has 9 atom stereocenters. The van der Waals surface area contributed by atoms with Gasteiger partial charge >= 0.3 is 5.97 Å². The van der Waals surface area contributed by atoms with Gasteiger partial charge in [-0.25, -0.2) is 0 Å². The molecule has 0 unspecified atom stereocenters. The van der Waals surface area contributed by atoms with E-state index in [0.717, 1.165) is 0 Å². The van der Waals surface area contributed by atoms with Crippen LogP contribution in [0, 0.1) is 0 Å². The number of carbonyl (C=O) groups excluding carboxylic acids is 8. The van der Waals surface area contributed by atoms with Crippen LogP contribution in [-0.4, -0.2) is 113 Å². The molecule has 46 heavy (non-hydrogen) atoms. The lowest BCUT2D eigenvalue weighted by molar-refractivity contribution is -0.141. The van der Waals surface area contributed by atoms with Crippen molar-refractivity contribution in [3.63, 3.8) is 0 Å². The summed E-state index contributed by atoms with van der Waals surface area (Å²) in [5.74, 6) is -6.94. The molecule has 0 spiro atoms. The lowest BCUT2D eigenvalue weighted by Crippen LogP contribution is -2.58. The van der Waals surface area contributed by atoms with E-state index in [1.54, 1.807) is 0 Å². The number of hydrogen-bond donors (Lipinski definition) is 10. The van der Waals surface area contributed by atoms with E-state index in [1.165, 1.54) is 62.3 Å². The standard InChI is InChI=1S/C27H47N9O10/c1-10(28)19(37)29-11(2)20(38)30-12(3)21(39)31-13(4)22(40)32-14(5)23(41)33-15(6)24(42)34-16(7)25(43)35-17(8)26(44)36-18(9)27(45)46/h10-18H,28H2,1-9H3,(H,29,37)(H,30,38)(H,31,39)(H,32,40)(H,33,41)(H,34,42)(H,35,43)(H,36,44)(H,45,46)/t10-,11-,12-,13-,14-,15-,16-,17-,18-/m0/s1. The summed E-state index contributed by atoms with van der Waals surface area (Å²) < 4.78 is 0. The van der Waals surface area contributed by atoms with Crippen molar-refractivity contribution in [2.75, 3.05) is 0 Å². The molecule has 19 nitrogen and oxygen atoms in total. The monoisotopic (exact) mass is 657 g/mol. The van der Waals surface area contributed by atoms with Crippen molar-refractivity contribution in [1.82, 2.24) is 42.5 Å². The minimum absolute atomic E-state index is 0.556. The summed E-state index contributed by atoms with van der Waals surface area (Å²) in [5.41, 5.74) is 5.45. The number of carboxylic acid groups (broad SMARTS) is 1. The van der Waals surface area contributed by atoms with Crippen molar-refractivity contribution in [2.24, 2.45) is 5.73 Å². The third-order valence-electron chi connectivity index (χ3n) is 6.41. The Labute approximate surface area is 266 Å². The largest absolute Gasteiger partial charge is 0.480 e. The Bertz CT molecular complexity index is 1180. The molecule has 0 fully saturated rings. The summed E-state index contributed by atoms with van der Waals surface area (Å²) in [7, 11) is 0. The van der Waals surface area contributed by atoms with E-state index in [9.17, 15) is 43.2 Å². The second-order valence-corrected chi connectivity index (χ2v) is 11.0. The number of amides is 8. The zero-order valence-corrected chi connectivity index (χ0v) is 27.4. The average molecular weight is 658 g/mol. The fourth-order valence-corrected chi connectivity index (χ4v) is 3.23. The first kappa shape index (κ1) is 41.2. The Morgan fingerprint density at radius 1 is 0.348 bits per heavy atom. The molecule has 0 radical (unpaired) electrons. The summed E-state index contributed by atoms with van der Waals surface area (Å²) in [5, 5.41) is 27.7. The van der Waals surface area contributed by atoms with E-state index in [-0.39, 0.29) is 0 Å². The highest BCUT2D eigenvalue weighted by Crippen LogP contribution is 1.95. The van der Waals surface area contributed by atoms with Gasteiger partial charge in [0.1, 0.15) is 48.3 Å². The van der Waals surface area contributed by atoms with Crippen molar-refractivity contribution in [2.45, 2.75) is 117 Å². The van der Waals surface area contributed by atoms with Gasteiger partial charge in [0, 0.05) is 0 Å². The van der Waals surface area contributed by atoms with Crippen LogP contribution in [0.5, 0.6) is 0 Å². The van der Waals surface area contributed by atoms with Gasteiger partial charge in [0.15, 0.2) is 0 Å². The van der Waals surface area contributed by atoms with Gasteiger partial charge in [0.2, 0.25) is 47.3 Å². The molecule has 8 amide bonds. The summed E-state index contributed by atoms with van der Waals surface area (Å²) in [4.78, 5) is 109. The SMILES string of the molecule is C[C@H](N)C(=O)N[C@@H](C)C(=O)N[C@@H](C)C(=O)N[C@@H](C)C(=O)N[C@@H](C)C(=O)N[C@@H](C)C(=O)N[C@@H](C)C(=O)N[C@@H](C)C(=O)N[C@@H](C)C(=O)O. The molecule has 0 aliphatic rings. The minimum Gasteiger partial charge on any atom is -0.480 e. The van der Waals surface area contributed by atoms with Crippen LogP contribution in [0.1, 0.15) is 62.3 Å². The summed E-state index contributed by atoms with van der Waals surface area (Å²) in [6, 6.07) is -9.74. The molecule has 0 aliphatic carbocycles. The lowest BCUT2D eigenvalue weighted by atomic mass is 10.2. The van der Waals surface area contributed by atoms with Gasteiger partial charge in [0.05, 0.1) is 6.04 Å². The van der Waals surface area contributed by atoms with Gasteiger partial charge in [-0.05, 0) is 62.3 Å². The van der Waals surface area contributed by atoms with E-state index in [1.807, 2.05) is 0 Å². The zero-order chi connectivity index (χ0) is 36.0. The predicted molar refractivity (Wildman–Crippen MR) is 162 cm³/mol. The normalized spacial score (nSPS) is 16.6. The van der Waals surface area contributed by atoms with Gasteiger partial charge in [-0.2, -0.15) is 0 Å². The second kappa shape index (κ2) is 18.9. The molecule has 0 aliphatic heterocycles. The van der Waals surface area contributed by atoms with Gasteiger partial charge in [-0.1, -0.05) is 0 Å². The molecule has 19 heteroatoms. The van der Waals surface area contributed by atoms with Crippen LogP contribution >= 0.6 is 0 Å². The van der Waals surface area contributed by atoms with Crippen LogP contribution in [0.25, 0.3) is 0 Å². The van der Waals surface area contributed by atoms with Crippen molar-refractivity contribution in [3.8, 4) is 0 Å². The number of hydrogen-bond acceptors (Lipinski definition) is 10. The maximum absolute atomic E-state index is 12.6. The van der Waals surface area contributed by atoms with Crippen molar-refractivity contribution < 1.29 is 48.3 Å². The third-order valence-corrected chi connectivity index (χ3v) is 6.41. The average Bonchev–Trinajstić information content (AvgIpc) is 2.95. The molecular formula is C27H47N9O10. The van der Waals surface area contributed by atoms with Gasteiger partial charge in [-0.15, -0.1) is 0 Å². The Morgan fingerprint density at radius 2 is 0.500 bits per heavy atom. The number of rotatable bonds is 17. The van der Waals surface area contributed by atoms with Gasteiger partial charge < -0.3 is 53.4 Å². The number of nitrogens with one attached hydrogen (secondary N) is 8. The Kier molecular flexibility index (Phi) is 16.9. The minimum atomic E-state index is -1.26. The summed E-state index contributed by atoms with van der Waals surface area (Å²) >= 11 is 0. The molecular weight excluding hydrogens is 610 g/mol. The van der Waals surface area contributed by atoms with Crippen LogP contribution in [0.2, 0.25) is 0 Å². The molecule has 0 aromatic heterocycles. The topological polar surface area (TPSA) is 296 Å². The molecule has 0 aromatic carbocycles. The van der Waals surface area contributed by atoms with Crippen LogP contribution in [-0.2, 0) is 43.2 Å². The number of aliphatic carboxylic acids is 1. The molecule has 0 saturated carbocycles. The van der Waals surface area contributed by atoms with Crippen molar-refractivity contribution in [3.05, 3.63) is 0 Å². The predicted octanol–water partition coefficient (Wildman–Crippen LogP) is -4.54. The molecule has 0 bridgehead atoms. The fraction of sp³-hybridized carbons (Fsp3) is 0.667. The van der Waals surface area contributed by atoms with E-state index < -0.39 is 108 Å². The molecule has 0 aromatic rings. The molecule has 260 valence electrons. The first-order chi connectivity index (χ1) is 21.1. The smallest absolute Gasteiger partial charge is 0.325 e. The van der Waals surface area contributed by atoms with Crippen LogP contribution in [0.3, 0.4) is 0 Å². The first-order valence-electron chi connectivity index (χ1n) is 14.5. The van der Waals surface area contributed by atoms with Crippen molar-refractivity contribution >= 4 is 53.2 Å². The maximum Gasteiger partial charge on any atom is 0.325 e. The number of nitrogens with two attached hydrogens (primary N) is 1.